The summed E-state index contributed by atoms with van der Waals surface area (Å²) in [5.41, 5.74) is 1.62. The van der Waals surface area contributed by atoms with Crippen LogP contribution in [-0.4, -0.2) is 50.0 Å². The number of hydrogen-bond acceptors (Lipinski definition) is 4. The molecule has 2 heterocycles. The second kappa shape index (κ2) is 7.09. The van der Waals surface area contributed by atoms with Crippen molar-refractivity contribution in [3.63, 3.8) is 0 Å². The Morgan fingerprint density at radius 2 is 2.13 bits per heavy atom. The van der Waals surface area contributed by atoms with Gasteiger partial charge in [-0.3, -0.25) is 4.90 Å². The quantitative estimate of drug-likeness (QED) is 0.766. The zero-order chi connectivity index (χ0) is 16.3. The number of nitrogens with one attached hydrogen (secondary N) is 1. The molecular formula is C16H23F3N2OS. The van der Waals surface area contributed by atoms with Crippen LogP contribution in [0.5, 0.6) is 0 Å². The molecule has 1 aliphatic carbocycles. The fourth-order valence-electron chi connectivity index (χ4n) is 3.64. The number of rotatable bonds is 7. The zero-order valence-electron chi connectivity index (χ0n) is 13.1. The number of ether oxygens (including phenoxy) is 1. The summed E-state index contributed by atoms with van der Waals surface area (Å²) in [5, 5.41) is 7.54. The Balaban J connectivity index is 1.54. The second-order valence-corrected chi connectivity index (χ2v) is 7.38. The average Bonchev–Trinajstić information content (AvgIpc) is 2.95. The summed E-state index contributed by atoms with van der Waals surface area (Å²) in [6, 6.07) is 2.57. The standard InChI is InChI=1S/C16H23F3N2OS/c17-16(18,19)12-22-7-6-21(10-13-1-8-23-11-13)14-9-15(14)2-4-20-5-3-15/h1,8,11,14,20H,2-7,9-10,12H2. The predicted molar refractivity (Wildman–Crippen MR) is 84.5 cm³/mol. The van der Waals surface area contributed by atoms with Gasteiger partial charge in [0.15, 0.2) is 0 Å². The number of hydrogen-bond donors (Lipinski definition) is 1. The normalized spacial score (nSPS) is 23.6. The summed E-state index contributed by atoms with van der Waals surface area (Å²) in [6.07, 6.45) is -0.742. The molecular weight excluding hydrogens is 325 g/mol. The molecule has 130 valence electrons. The van der Waals surface area contributed by atoms with E-state index in [1.807, 2.05) is 5.38 Å². The molecule has 1 aliphatic heterocycles. The minimum absolute atomic E-state index is 0.133. The second-order valence-electron chi connectivity index (χ2n) is 6.60. The van der Waals surface area contributed by atoms with E-state index in [4.69, 9.17) is 4.74 Å². The van der Waals surface area contributed by atoms with Crippen LogP contribution in [0.25, 0.3) is 0 Å². The predicted octanol–water partition coefficient (Wildman–Crippen LogP) is 3.27. The number of piperidine rings is 1. The molecule has 1 N–H and O–H groups in total. The fraction of sp³-hybridized carbons (Fsp3) is 0.750. The summed E-state index contributed by atoms with van der Waals surface area (Å²) in [5.74, 6) is 0. The van der Waals surface area contributed by atoms with Gasteiger partial charge < -0.3 is 10.1 Å². The Kier molecular flexibility index (Phi) is 5.30. The zero-order valence-corrected chi connectivity index (χ0v) is 13.9. The van der Waals surface area contributed by atoms with Gasteiger partial charge in [0.05, 0.1) is 6.61 Å². The highest BCUT2D eigenvalue weighted by atomic mass is 32.1. The van der Waals surface area contributed by atoms with Crippen molar-refractivity contribution in [2.75, 3.05) is 32.8 Å². The van der Waals surface area contributed by atoms with Crippen LogP contribution >= 0.6 is 11.3 Å². The van der Waals surface area contributed by atoms with Crippen LogP contribution in [-0.2, 0) is 11.3 Å². The summed E-state index contributed by atoms with van der Waals surface area (Å²) in [7, 11) is 0. The maximum absolute atomic E-state index is 12.2. The van der Waals surface area contributed by atoms with Gasteiger partial charge in [-0.15, -0.1) is 0 Å². The van der Waals surface area contributed by atoms with Crippen molar-refractivity contribution < 1.29 is 17.9 Å². The molecule has 2 aliphatic rings. The Morgan fingerprint density at radius 3 is 2.78 bits per heavy atom. The van der Waals surface area contributed by atoms with Crippen LogP contribution < -0.4 is 5.32 Å². The van der Waals surface area contributed by atoms with Crippen LogP contribution in [0, 0.1) is 5.41 Å². The molecule has 1 aromatic heterocycles. The van der Waals surface area contributed by atoms with Crippen molar-refractivity contribution in [1.29, 1.82) is 0 Å². The lowest BCUT2D eigenvalue weighted by Crippen LogP contribution is -2.37. The van der Waals surface area contributed by atoms with Gasteiger partial charge in [-0.25, -0.2) is 0 Å². The summed E-state index contributed by atoms with van der Waals surface area (Å²) >= 11 is 1.66. The maximum Gasteiger partial charge on any atom is 0.411 e. The molecule has 3 rings (SSSR count). The van der Waals surface area contributed by atoms with Crippen LogP contribution in [0.2, 0.25) is 0 Å². The van der Waals surface area contributed by atoms with Crippen LogP contribution in [0.3, 0.4) is 0 Å². The Bertz CT molecular complexity index is 486. The molecule has 1 unspecified atom stereocenters. The van der Waals surface area contributed by atoms with Crippen molar-refractivity contribution in [2.24, 2.45) is 5.41 Å². The van der Waals surface area contributed by atoms with Gasteiger partial charge in [-0.1, -0.05) is 0 Å². The minimum Gasteiger partial charge on any atom is -0.371 e. The molecule has 1 atom stereocenters. The SMILES string of the molecule is FC(F)(F)COCCN(Cc1ccsc1)C1CC12CCNCC2. The number of alkyl halides is 3. The third-order valence-electron chi connectivity index (χ3n) is 4.94. The van der Waals surface area contributed by atoms with E-state index in [-0.39, 0.29) is 6.61 Å². The summed E-state index contributed by atoms with van der Waals surface area (Å²) in [6.45, 7) is 2.44. The third kappa shape index (κ3) is 4.68. The molecule has 2 fully saturated rings. The molecule has 7 heteroatoms. The first-order valence-electron chi connectivity index (χ1n) is 8.09. The van der Waals surface area contributed by atoms with Crippen LogP contribution in [0.4, 0.5) is 13.2 Å². The number of nitrogens with zero attached hydrogens (tertiary/aromatic N) is 1. The van der Waals surface area contributed by atoms with Gasteiger partial charge in [-0.05, 0) is 60.2 Å². The minimum atomic E-state index is -4.24. The maximum atomic E-state index is 12.2. The molecule has 1 saturated carbocycles. The molecule has 0 radical (unpaired) electrons. The molecule has 1 spiro atoms. The van der Waals surface area contributed by atoms with Crippen LogP contribution in [0.15, 0.2) is 16.8 Å². The lowest BCUT2D eigenvalue weighted by Gasteiger charge is -2.29. The van der Waals surface area contributed by atoms with E-state index >= 15 is 0 Å². The highest BCUT2D eigenvalue weighted by Gasteiger charge is 2.56. The number of thiophene rings is 1. The van der Waals surface area contributed by atoms with E-state index in [1.54, 1.807) is 11.3 Å². The van der Waals surface area contributed by atoms with Gasteiger partial charge in [0.1, 0.15) is 6.61 Å². The Labute approximate surface area is 138 Å². The van der Waals surface area contributed by atoms with Crippen molar-refractivity contribution in [3.8, 4) is 0 Å². The first kappa shape index (κ1) is 17.2. The fourth-order valence-corrected chi connectivity index (χ4v) is 4.30. The lowest BCUT2D eigenvalue weighted by molar-refractivity contribution is -0.174. The Morgan fingerprint density at radius 1 is 1.35 bits per heavy atom. The van der Waals surface area contributed by atoms with Gasteiger partial charge in [0, 0.05) is 19.1 Å². The van der Waals surface area contributed by atoms with Gasteiger partial charge in [0.2, 0.25) is 0 Å². The molecule has 0 bridgehead atoms. The van der Waals surface area contributed by atoms with Crippen LogP contribution in [0.1, 0.15) is 24.8 Å². The van der Waals surface area contributed by atoms with E-state index in [1.165, 1.54) is 18.4 Å². The molecule has 0 aromatic carbocycles. The topological polar surface area (TPSA) is 24.5 Å². The smallest absolute Gasteiger partial charge is 0.371 e. The highest BCUT2D eigenvalue weighted by Crippen LogP contribution is 2.55. The molecule has 1 aromatic rings. The van der Waals surface area contributed by atoms with Gasteiger partial charge in [-0.2, -0.15) is 24.5 Å². The number of halogens is 3. The van der Waals surface area contributed by atoms with Crippen molar-refractivity contribution in [1.82, 2.24) is 10.2 Å². The van der Waals surface area contributed by atoms with E-state index in [2.05, 4.69) is 21.7 Å². The highest BCUT2D eigenvalue weighted by molar-refractivity contribution is 7.07. The van der Waals surface area contributed by atoms with Gasteiger partial charge in [0.25, 0.3) is 0 Å². The van der Waals surface area contributed by atoms with Crippen molar-refractivity contribution >= 4 is 11.3 Å². The molecule has 1 saturated heterocycles. The first-order valence-corrected chi connectivity index (χ1v) is 9.03. The monoisotopic (exact) mass is 348 g/mol. The molecule has 0 amide bonds. The lowest BCUT2D eigenvalue weighted by atomic mass is 9.93. The van der Waals surface area contributed by atoms with E-state index in [0.29, 0.717) is 18.0 Å². The first-order chi connectivity index (χ1) is 11.0. The molecule has 23 heavy (non-hydrogen) atoms. The van der Waals surface area contributed by atoms with E-state index in [0.717, 1.165) is 26.1 Å². The summed E-state index contributed by atoms with van der Waals surface area (Å²) in [4.78, 5) is 2.32. The average molecular weight is 348 g/mol. The summed E-state index contributed by atoms with van der Waals surface area (Å²) < 4.78 is 41.4. The van der Waals surface area contributed by atoms with E-state index in [9.17, 15) is 13.2 Å². The van der Waals surface area contributed by atoms with E-state index < -0.39 is 12.8 Å². The van der Waals surface area contributed by atoms with Crippen molar-refractivity contribution in [2.45, 2.75) is 38.0 Å². The molecule has 3 nitrogen and oxygen atoms in total. The third-order valence-corrected chi connectivity index (χ3v) is 5.67. The largest absolute Gasteiger partial charge is 0.411 e. The van der Waals surface area contributed by atoms with Crippen molar-refractivity contribution in [3.05, 3.63) is 22.4 Å². The van der Waals surface area contributed by atoms with Gasteiger partial charge >= 0.3 is 6.18 Å². The Hall–Kier alpha value is -0.630.